The summed E-state index contributed by atoms with van der Waals surface area (Å²) in [6, 6.07) is 11.0. The number of halogens is 1. The van der Waals surface area contributed by atoms with Gasteiger partial charge in [-0.05, 0) is 49.6 Å². The Kier molecular flexibility index (Phi) is 4.19. The smallest absolute Gasteiger partial charge is 0.257 e. The van der Waals surface area contributed by atoms with E-state index in [1.54, 1.807) is 12.1 Å². The number of amides is 1. The summed E-state index contributed by atoms with van der Waals surface area (Å²) in [5.41, 5.74) is 3.56. The molecule has 3 aromatic rings. The summed E-state index contributed by atoms with van der Waals surface area (Å²) >= 11 is 6.13. The molecule has 1 atom stereocenters. The number of imidazole rings is 1. The average molecular weight is 356 g/mol. The number of nitrogens with one attached hydrogen (secondary N) is 2. The molecule has 0 bridgehead atoms. The Balaban J connectivity index is 1.68. The first-order valence-electron chi connectivity index (χ1n) is 8.30. The number of fused-ring (bicyclic) bond motifs is 1. The molecular formula is C19H18ClN3O2. The van der Waals surface area contributed by atoms with Crippen LogP contribution in [0, 0.1) is 6.92 Å². The maximum Gasteiger partial charge on any atom is 0.257 e. The minimum absolute atomic E-state index is 0.0153. The van der Waals surface area contributed by atoms with E-state index in [1.165, 1.54) is 0 Å². The van der Waals surface area contributed by atoms with Crippen molar-refractivity contribution < 1.29 is 9.53 Å². The van der Waals surface area contributed by atoms with Crippen molar-refractivity contribution in [3.8, 4) is 0 Å². The number of hydrogen-bond donors (Lipinski definition) is 2. The summed E-state index contributed by atoms with van der Waals surface area (Å²) in [5.74, 6) is 0.577. The highest BCUT2D eigenvalue weighted by atomic mass is 35.5. The van der Waals surface area contributed by atoms with Crippen molar-refractivity contribution in [2.45, 2.75) is 25.9 Å². The van der Waals surface area contributed by atoms with Crippen LogP contribution in [-0.4, -0.2) is 22.5 Å². The van der Waals surface area contributed by atoms with Gasteiger partial charge < -0.3 is 15.0 Å². The van der Waals surface area contributed by atoms with E-state index in [2.05, 4.69) is 15.3 Å². The number of hydrogen-bond acceptors (Lipinski definition) is 3. The van der Waals surface area contributed by atoms with E-state index in [-0.39, 0.29) is 12.0 Å². The zero-order valence-electron chi connectivity index (χ0n) is 13.8. The lowest BCUT2D eigenvalue weighted by Crippen LogP contribution is -2.13. The molecular weight excluding hydrogens is 338 g/mol. The summed E-state index contributed by atoms with van der Waals surface area (Å²) in [5, 5.41) is 3.55. The van der Waals surface area contributed by atoms with E-state index in [0.29, 0.717) is 21.8 Å². The second-order valence-corrected chi connectivity index (χ2v) is 6.60. The summed E-state index contributed by atoms with van der Waals surface area (Å²) < 4.78 is 5.68. The molecule has 0 spiro atoms. The number of rotatable bonds is 3. The molecule has 128 valence electrons. The summed E-state index contributed by atoms with van der Waals surface area (Å²) in [6.45, 7) is 2.63. The monoisotopic (exact) mass is 355 g/mol. The van der Waals surface area contributed by atoms with Crippen LogP contribution in [0.15, 0.2) is 36.4 Å². The molecule has 1 aliphatic rings. The highest BCUT2D eigenvalue weighted by Gasteiger charge is 2.23. The fourth-order valence-electron chi connectivity index (χ4n) is 3.11. The molecule has 2 aromatic carbocycles. The standard InChI is InChI=1S/C19H18ClN3O2/c1-11-13(20)6-3-7-14(11)22-19(24)12-5-2-8-15-17(12)23-18(21-15)16-9-4-10-25-16/h2-3,5-8,16H,4,9-10H2,1H3,(H,21,23)(H,22,24)/t16-/m1/s1. The van der Waals surface area contributed by atoms with Crippen molar-refractivity contribution in [1.82, 2.24) is 9.97 Å². The molecule has 5 nitrogen and oxygen atoms in total. The molecule has 2 heterocycles. The Bertz CT molecular complexity index is 945. The van der Waals surface area contributed by atoms with E-state index in [1.807, 2.05) is 31.2 Å². The van der Waals surface area contributed by atoms with Crippen LogP contribution >= 0.6 is 11.6 Å². The highest BCUT2D eigenvalue weighted by molar-refractivity contribution is 6.31. The summed E-state index contributed by atoms with van der Waals surface area (Å²) in [4.78, 5) is 20.7. The lowest BCUT2D eigenvalue weighted by atomic mass is 10.1. The van der Waals surface area contributed by atoms with E-state index < -0.39 is 0 Å². The highest BCUT2D eigenvalue weighted by Crippen LogP contribution is 2.29. The van der Waals surface area contributed by atoms with Crippen LogP contribution in [0.3, 0.4) is 0 Å². The molecule has 1 fully saturated rings. The van der Waals surface area contributed by atoms with Gasteiger partial charge in [0.15, 0.2) is 0 Å². The maximum atomic E-state index is 12.8. The molecule has 2 N–H and O–H groups in total. The zero-order valence-corrected chi connectivity index (χ0v) is 14.6. The quantitative estimate of drug-likeness (QED) is 0.719. The van der Waals surface area contributed by atoms with Gasteiger partial charge in [-0.1, -0.05) is 23.7 Å². The van der Waals surface area contributed by atoms with Crippen LogP contribution in [0.25, 0.3) is 11.0 Å². The number of aromatic nitrogens is 2. The molecule has 0 unspecified atom stereocenters. The van der Waals surface area contributed by atoms with Crippen LogP contribution in [0.5, 0.6) is 0 Å². The third-order valence-electron chi connectivity index (χ3n) is 4.53. The van der Waals surface area contributed by atoms with Crippen molar-refractivity contribution in [3.05, 3.63) is 58.4 Å². The number of nitrogens with zero attached hydrogens (tertiary/aromatic N) is 1. The van der Waals surface area contributed by atoms with Crippen LogP contribution in [0.4, 0.5) is 5.69 Å². The number of benzene rings is 2. The minimum Gasteiger partial charge on any atom is -0.370 e. The van der Waals surface area contributed by atoms with Crippen LogP contribution < -0.4 is 5.32 Å². The minimum atomic E-state index is -0.207. The summed E-state index contributed by atoms with van der Waals surface area (Å²) in [6.07, 6.45) is 1.96. The van der Waals surface area contributed by atoms with Crippen molar-refractivity contribution in [1.29, 1.82) is 0 Å². The summed E-state index contributed by atoms with van der Waals surface area (Å²) in [7, 11) is 0. The molecule has 0 saturated carbocycles. The number of ether oxygens (including phenoxy) is 1. The molecule has 1 aliphatic heterocycles. The number of carbonyl (C=O) groups excluding carboxylic acids is 1. The van der Waals surface area contributed by atoms with E-state index in [4.69, 9.17) is 16.3 Å². The number of aromatic amines is 1. The molecule has 1 aromatic heterocycles. The van der Waals surface area contributed by atoms with Crippen LogP contribution in [0.1, 0.15) is 40.7 Å². The zero-order chi connectivity index (χ0) is 17.4. The Morgan fingerprint density at radius 2 is 2.16 bits per heavy atom. The predicted molar refractivity (Wildman–Crippen MR) is 98.2 cm³/mol. The topological polar surface area (TPSA) is 67.0 Å². The van der Waals surface area contributed by atoms with Crippen LogP contribution in [-0.2, 0) is 4.74 Å². The molecule has 25 heavy (non-hydrogen) atoms. The van der Waals surface area contributed by atoms with E-state index in [0.717, 1.165) is 36.4 Å². The van der Waals surface area contributed by atoms with Gasteiger partial charge in [-0.25, -0.2) is 4.98 Å². The first-order chi connectivity index (χ1) is 12.1. The Labute approximate surface area is 150 Å². The average Bonchev–Trinajstić information content (AvgIpc) is 3.27. The van der Waals surface area contributed by atoms with Gasteiger partial charge >= 0.3 is 0 Å². The second-order valence-electron chi connectivity index (χ2n) is 6.19. The molecule has 1 amide bonds. The lowest BCUT2D eigenvalue weighted by Gasteiger charge is -2.09. The van der Waals surface area contributed by atoms with E-state index >= 15 is 0 Å². The normalized spacial score (nSPS) is 17.1. The SMILES string of the molecule is Cc1c(Cl)cccc1NC(=O)c1cccc2[nH]c([C@H]3CCCO3)nc12. The van der Waals surface area contributed by atoms with Crippen molar-refractivity contribution in [2.24, 2.45) is 0 Å². The largest absolute Gasteiger partial charge is 0.370 e. The molecule has 1 saturated heterocycles. The Hall–Kier alpha value is -2.37. The van der Waals surface area contributed by atoms with Gasteiger partial charge in [0, 0.05) is 17.3 Å². The fraction of sp³-hybridized carbons (Fsp3) is 0.263. The van der Waals surface area contributed by atoms with E-state index in [9.17, 15) is 4.79 Å². The molecule has 4 rings (SSSR count). The van der Waals surface area contributed by atoms with Crippen molar-refractivity contribution >= 4 is 34.2 Å². The maximum absolute atomic E-state index is 12.8. The number of carbonyl (C=O) groups is 1. The first kappa shape index (κ1) is 16.1. The number of H-pyrrole nitrogens is 1. The Morgan fingerprint density at radius 3 is 2.96 bits per heavy atom. The number of para-hydroxylation sites is 1. The fourth-order valence-corrected chi connectivity index (χ4v) is 3.29. The molecule has 0 aliphatic carbocycles. The van der Waals surface area contributed by atoms with Gasteiger partial charge in [-0.15, -0.1) is 0 Å². The van der Waals surface area contributed by atoms with Gasteiger partial charge in [0.1, 0.15) is 17.4 Å². The van der Waals surface area contributed by atoms with Crippen LogP contribution in [0.2, 0.25) is 5.02 Å². The lowest BCUT2D eigenvalue weighted by molar-refractivity contribution is 0.102. The van der Waals surface area contributed by atoms with Gasteiger partial charge in [0.05, 0.1) is 11.1 Å². The van der Waals surface area contributed by atoms with Gasteiger partial charge in [-0.3, -0.25) is 4.79 Å². The number of anilines is 1. The first-order valence-corrected chi connectivity index (χ1v) is 8.68. The molecule has 0 radical (unpaired) electrons. The third kappa shape index (κ3) is 3.01. The second kappa shape index (κ2) is 6.50. The third-order valence-corrected chi connectivity index (χ3v) is 4.94. The predicted octanol–water partition coefficient (Wildman–Crippen LogP) is 4.63. The van der Waals surface area contributed by atoms with Crippen molar-refractivity contribution in [2.75, 3.05) is 11.9 Å². The van der Waals surface area contributed by atoms with Gasteiger partial charge in [-0.2, -0.15) is 0 Å². The van der Waals surface area contributed by atoms with Crippen molar-refractivity contribution in [3.63, 3.8) is 0 Å². The van der Waals surface area contributed by atoms with Gasteiger partial charge in [0.25, 0.3) is 5.91 Å². The Morgan fingerprint density at radius 1 is 1.32 bits per heavy atom. The molecule has 6 heteroatoms. The van der Waals surface area contributed by atoms with Gasteiger partial charge in [0.2, 0.25) is 0 Å².